The molecule has 0 amide bonds. The molecule has 4 heterocycles. The Labute approximate surface area is 158 Å². The summed E-state index contributed by atoms with van der Waals surface area (Å²) in [6.07, 6.45) is 4.44. The van der Waals surface area contributed by atoms with Gasteiger partial charge < -0.3 is 15.7 Å². The van der Waals surface area contributed by atoms with Crippen LogP contribution in [0.1, 0.15) is 10.5 Å². The van der Waals surface area contributed by atoms with Crippen LogP contribution in [-0.2, 0) is 0 Å². The van der Waals surface area contributed by atoms with E-state index in [4.69, 9.17) is 0 Å². The van der Waals surface area contributed by atoms with Gasteiger partial charge in [0, 0.05) is 25.5 Å². The Morgan fingerprint density at radius 3 is 2.71 bits per heavy atom. The van der Waals surface area contributed by atoms with E-state index in [9.17, 15) is 14.7 Å². The largest absolute Gasteiger partial charge is 0.476 e. The molecule has 0 atom stereocenters. The summed E-state index contributed by atoms with van der Waals surface area (Å²) in [5, 5.41) is 19.5. The molecule has 0 aliphatic heterocycles. The predicted molar refractivity (Wildman–Crippen MR) is 103 cm³/mol. The van der Waals surface area contributed by atoms with E-state index in [1.165, 1.54) is 15.3 Å². The number of carboxylic acids is 1. The van der Waals surface area contributed by atoms with Gasteiger partial charge in [-0.1, -0.05) is 6.07 Å². The zero-order valence-corrected chi connectivity index (χ0v) is 14.7. The fourth-order valence-corrected chi connectivity index (χ4v) is 2.76. The van der Waals surface area contributed by atoms with Gasteiger partial charge in [0.15, 0.2) is 17.2 Å². The number of nitrogens with zero attached hydrogens (tertiary/aromatic N) is 5. The number of rotatable bonds is 5. The third kappa shape index (κ3) is 2.92. The standard InChI is InChI=1S/C18H15N7O3/c1-19-12-9-14(23-25-13(18(27)28)10-21-16(12)25)22-11-5-4-8-24(17(11)26)15-6-2-3-7-20-15/h2-10,19H,1H3,(H,22,23)(H,27,28). The number of aromatic carboxylic acids is 1. The van der Waals surface area contributed by atoms with Gasteiger partial charge in [-0.3, -0.25) is 9.36 Å². The number of anilines is 3. The molecule has 3 N–H and O–H groups in total. The van der Waals surface area contributed by atoms with Gasteiger partial charge in [0.05, 0.1) is 11.9 Å². The molecule has 0 saturated heterocycles. The van der Waals surface area contributed by atoms with Crippen molar-refractivity contribution in [3.05, 3.63) is 71.0 Å². The highest BCUT2D eigenvalue weighted by atomic mass is 16.4. The Bertz CT molecular complexity index is 1230. The molecule has 4 aromatic rings. The average molecular weight is 377 g/mol. The molecule has 140 valence electrons. The Balaban J connectivity index is 1.80. The highest BCUT2D eigenvalue weighted by Gasteiger charge is 2.16. The Hall–Kier alpha value is -4.21. The summed E-state index contributed by atoms with van der Waals surface area (Å²) in [4.78, 5) is 32.5. The minimum absolute atomic E-state index is 0.0888. The lowest BCUT2D eigenvalue weighted by molar-refractivity contribution is 0.0688. The number of aromatic nitrogens is 5. The number of fused-ring (bicyclic) bond motifs is 1. The third-order valence-corrected chi connectivity index (χ3v) is 4.06. The van der Waals surface area contributed by atoms with E-state index in [0.717, 1.165) is 0 Å². The number of imidazole rings is 1. The van der Waals surface area contributed by atoms with Crippen LogP contribution in [0.25, 0.3) is 11.5 Å². The normalized spacial score (nSPS) is 10.8. The number of pyridine rings is 2. The first-order chi connectivity index (χ1) is 13.6. The molecule has 0 aromatic carbocycles. The highest BCUT2D eigenvalue weighted by Crippen LogP contribution is 2.21. The Morgan fingerprint density at radius 2 is 2.00 bits per heavy atom. The van der Waals surface area contributed by atoms with Crippen molar-refractivity contribution in [1.29, 1.82) is 0 Å². The molecule has 10 heteroatoms. The predicted octanol–water partition coefficient (Wildman–Crippen LogP) is 1.76. The number of hydrogen-bond donors (Lipinski definition) is 3. The van der Waals surface area contributed by atoms with Crippen LogP contribution < -0.4 is 16.2 Å². The van der Waals surface area contributed by atoms with Crippen LogP contribution in [0.4, 0.5) is 17.2 Å². The van der Waals surface area contributed by atoms with Crippen molar-refractivity contribution in [2.45, 2.75) is 0 Å². The van der Waals surface area contributed by atoms with Gasteiger partial charge in [-0.2, -0.15) is 0 Å². The maximum atomic E-state index is 12.8. The number of carbonyl (C=O) groups is 1. The molecule has 0 aliphatic carbocycles. The fraction of sp³-hybridized carbons (Fsp3) is 0.0556. The summed E-state index contributed by atoms with van der Waals surface area (Å²) in [7, 11) is 1.69. The minimum Gasteiger partial charge on any atom is -0.476 e. The second-order valence-corrected chi connectivity index (χ2v) is 5.79. The van der Waals surface area contributed by atoms with Gasteiger partial charge in [-0.15, -0.1) is 5.10 Å². The molecule has 0 aliphatic rings. The maximum absolute atomic E-state index is 12.8. The van der Waals surface area contributed by atoms with Crippen LogP contribution in [0.3, 0.4) is 0 Å². The van der Waals surface area contributed by atoms with Crippen LogP contribution in [0.5, 0.6) is 0 Å². The highest BCUT2D eigenvalue weighted by molar-refractivity contribution is 5.88. The van der Waals surface area contributed by atoms with E-state index in [0.29, 0.717) is 17.2 Å². The monoisotopic (exact) mass is 377 g/mol. The first kappa shape index (κ1) is 17.2. The van der Waals surface area contributed by atoms with Crippen molar-refractivity contribution in [3.8, 4) is 5.82 Å². The number of hydrogen-bond acceptors (Lipinski definition) is 7. The summed E-state index contributed by atoms with van der Waals surface area (Å²) >= 11 is 0. The molecule has 28 heavy (non-hydrogen) atoms. The van der Waals surface area contributed by atoms with E-state index >= 15 is 0 Å². The fourth-order valence-electron chi connectivity index (χ4n) is 2.76. The van der Waals surface area contributed by atoms with Crippen LogP contribution >= 0.6 is 0 Å². The molecular weight excluding hydrogens is 362 g/mol. The average Bonchev–Trinajstić information content (AvgIpc) is 3.14. The first-order valence-corrected chi connectivity index (χ1v) is 8.28. The van der Waals surface area contributed by atoms with Crippen molar-refractivity contribution >= 4 is 28.8 Å². The zero-order valence-electron chi connectivity index (χ0n) is 14.7. The molecule has 0 saturated carbocycles. The molecule has 4 aromatic heterocycles. The lowest BCUT2D eigenvalue weighted by atomic mass is 10.3. The second kappa shape index (κ2) is 6.83. The second-order valence-electron chi connectivity index (χ2n) is 5.79. The topological polar surface area (TPSA) is 126 Å². The van der Waals surface area contributed by atoms with Crippen LogP contribution in [-0.4, -0.2) is 42.3 Å². The quantitative estimate of drug-likeness (QED) is 0.480. The van der Waals surface area contributed by atoms with Gasteiger partial charge in [-0.05, 0) is 24.3 Å². The van der Waals surface area contributed by atoms with Crippen LogP contribution in [0.15, 0.2) is 59.8 Å². The van der Waals surface area contributed by atoms with Gasteiger partial charge in [-0.25, -0.2) is 19.3 Å². The van der Waals surface area contributed by atoms with Crippen molar-refractivity contribution in [3.63, 3.8) is 0 Å². The van der Waals surface area contributed by atoms with Crippen molar-refractivity contribution in [2.24, 2.45) is 0 Å². The maximum Gasteiger partial charge on any atom is 0.356 e. The number of carboxylic acid groups (broad SMARTS) is 1. The van der Waals surface area contributed by atoms with Crippen molar-refractivity contribution in [2.75, 3.05) is 17.7 Å². The molecule has 0 bridgehead atoms. The van der Waals surface area contributed by atoms with Crippen molar-refractivity contribution < 1.29 is 9.90 Å². The van der Waals surface area contributed by atoms with E-state index in [-0.39, 0.29) is 22.8 Å². The Morgan fingerprint density at radius 1 is 1.14 bits per heavy atom. The number of nitrogens with one attached hydrogen (secondary N) is 2. The summed E-state index contributed by atoms with van der Waals surface area (Å²) in [6, 6.07) is 10.2. The molecule has 0 spiro atoms. The van der Waals surface area contributed by atoms with Gasteiger partial charge >= 0.3 is 5.97 Å². The van der Waals surface area contributed by atoms with E-state index in [2.05, 4.69) is 25.7 Å². The van der Waals surface area contributed by atoms with E-state index in [1.54, 1.807) is 55.8 Å². The molecule has 0 unspecified atom stereocenters. The smallest absolute Gasteiger partial charge is 0.356 e. The summed E-state index contributed by atoms with van der Waals surface area (Å²) in [5.41, 5.74) is 0.779. The minimum atomic E-state index is -1.16. The first-order valence-electron chi connectivity index (χ1n) is 8.28. The van der Waals surface area contributed by atoms with Gasteiger partial charge in [0.25, 0.3) is 5.56 Å². The van der Waals surface area contributed by atoms with Gasteiger partial charge in [0.1, 0.15) is 11.5 Å². The summed E-state index contributed by atoms with van der Waals surface area (Å²) in [5.74, 6) is -0.386. The molecule has 0 fully saturated rings. The lowest BCUT2D eigenvalue weighted by Gasteiger charge is -2.11. The van der Waals surface area contributed by atoms with Gasteiger partial charge in [0.2, 0.25) is 0 Å². The summed E-state index contributed by atoms with van der Waals surface area (Å²) < 4.78 is 2.61. The SMILES string of the molecule is CNc1cc(Nc2cccn(-c3ccccn3)c2=O)nn2c(C(=O)O)cnc12. The molecular formula is C18H15N7O3. The van der Waals surface area contributed by atoms with E-state index in [1.807, 2.05) is 0 Å². The third-order valence-electron chi connectivity index (χ3n) is 4.06. The Kier molecular flexibility index (Phi) is 4.20. The lowest BCUT2D eigenvalue weighted by Crippen LogP contribution is -2.21. The molecule has 0 radical (unpaired) electrons. The van der Waals surface area contributed by atoms with Crippen LogP contribution in [0, 0.1) is 0 Å². The molecule has 10 nitrogen and oxygen atoms in total. The van der Waals surface area contributed by atoms with Crippen LogP contribution in [0.2, 0.25) is 0 Å². The van der Waals surface area contributed by atoms with Crippen molar-refractivity contribution in [1.82, 2.24) is 24.1 Å². The zero-order chi connectivity index (χ0) is 19.7. The molecule has 4 rings (SSSR count). The van der Waals surface area contributed by atoms with E-state index < -0.39 is 5.97 Å². The summed E-state index contributed by atoms with van der Waals surface area (Å²) in [6.45, 7) is 0.